The number of carbonyl (C=O) groups is 1. The van der Waals surface area contributed by atoms with Crippen molar-refractivity contribution in [2.24, 2.45) is 0 Å². The van der Waals surface area contributed by atoms with E-state index in [2.05, 4.69) is 10.3 Å². The number of nitrogens with one attached hydrogen (secondary N) is 2. The van der Waals surface area contributed by atoms with Gasteiger partial charge in [-0.05, 0) is 50.1 Å². The molecule has 3 nitrogen and oxygen atoms in total. The maximum atomic E-state index is 13.4. The number of fused-ring (bicyclic) bond motifs is 1. The summed E-state index contributed by atoms with van der Waals surface area (Å²) in [6.07, 6.45) is 1.79. The van der Waals surface area contributed by atoms with Gasteiger partial charge in [0, 0.05) is 17.1 Å². The maximum Gasteiger partial charge on any atom is 0.230 e. The van der Waals surface area contributed by atoms with E-state index < -0.39 is 5.41 Å². The van der Waals surface area contributed by atoms with Crippen LogP contribution in [0.4, 0.5) is 4.39 Å². The number of hydrogen-bond donors (Lipinski definition) is 2. The summed E-state index contributed by atoms with van der Waals surface area (Å²) in [5.74, 6) is -0.361. The van der Waals surface area contributed by atoms with Crippen LogP contribution < -0.4 is 5.32 Å². The molecule has 1 atom stereocenters. The summed E-state index contributed by atoms with van der Waals surface area (Å²) in [7, 11) is 0. The van der Waals surface area contributed by atoms with E-state index in [1.54, 1.807) is 12.3 Å². The number of aromatic amines is 1. The van der Waals surface area contributed by atoms with Crippen LogP contribution >= 0.6 is 0 Å². The number of aromatic nitrogens is 1. The largest absolute Gasteiger partial charge is 0.361 e. The summed E-state index contributed by atoms with van der Waals surface area (Å²) < 4.78 is 13.4. The fraction of sp³-hybridized carbons (Fsp3) is 0.250. The highest BCUT2D eigenvalue weighted by molar-refractivity contribution is 5.94. The molecule has 0 spiro atoms. The van der Waals surface area contributed by atoms with Gasteiger partial charge >= 0.3 is 0 Å². The van der Waals surface area contributed by atoms with Crippen LogP contribution in [0.25, 0.3) is 10.9 Å². The quantitative estimate of drug-likeness (QED) is 0.731. The van der Waals surface area contributed by atoms with Gasteiger partial charge in [0.15, 0.2) is 0 Å². The Hall–Kier alpha value is -2.62. The molecule has 1 heterocycles. The van der Waals surface area contributed by atoms with Crippen LogP contribution in [0.15, 0.2) is 54.7 Å². The van der Waals surface area contributed by atoms with Gasteiger partial charge in [0.2, 0.25) is 5.91 Å². The minimum Gasteiger partial charge on any atom is -0.361 e. The highest BCUT2D eigenvalue weighted by Crippen LogP contribution is 2.31. The third-order valence-electron chi connectivity index (χ3n) is 4.53. The van der Waals surface area contributed by atoms with Gasteiger partial charge in [0.25, 0.3) is 0 Å². The molecule has 0 bridgehead atoms. The van der Waals surface area contributed by atoms with Crippen molar-refractivity contribution >= 4 is 16.8 Å². The van der Waals surface area contributed by atoms with Gasteiger partial charge in [-0.3, -0.25) is 4.79 Å². The van der Waals surface area contributed by atoms with E-state index in [4.69, 9.17) is 0 Å². The first-order valence-corrected chi connectivity index (χ1v) is 8.02. The zero-order valence-electron chi connectivity index (χ0n) is 14.1. The predicted octanol–water partition coefficient (Wildman–Crippen LogP) is 4.46. The van der Waals surface area contributed by atoms with E-state index in [-0.39, 0.29) is 17.8 Å². The van der Waals surface area contributed by atoms with Gasteiger partial charge in [-0.1, -0.05) is 30.3 Å². The Kier molecular flexibility index (Phi) is 4.14. The monoisotopic (exact) mass is 324 g/mol. The number of rotatable bonds is 4. The molecule has 3 aromatic rings. The highest BCUT2D eigenvalue weighted by Gasteiger charge is 2.33. The van der Waals surface area contributed by atoms with Crippen molar-refractivity contribution < 1.29 is 9.18 Å². The van der Waals surface area contributed by atoms with Crippen LogP contribution in [0.5, 0.6) is 0 Å². The molecule has 0 saturated heterocycles. The Labute approximate surface area is 140 Å². The summed E-state index contributed by atoms with van der Waals surface area (Å²) in [5, 5.41) is 3.94. The van der Waals surface area contributed by atoms with Gasteiger partial charge in [-0.25, -0.2) is 4.39 Å². The average Bonchev–Trinajstić information content (AvgIpc) is 2.99. The van der Waals surface area contributed by atoms with E-state index in [0.29, 0.717) is 5.52 Å². The van der Waals surface area contributed by atoms with E-state index in [1.807, 2.05) is 51.1 Å². The average molecular weight is 324 g/mol. The van der Waals surface area contributed by atoms with Gasteiger partial charge in [-0.2, -0.15) is 0 Å². The molecular weight excluding hydrogens is 303 g/mol. The van der Waals surface area contributed by atoms with Crippen molar-refractivity contribution in [3.05, 3.63) is 71.7 Å². The zero-order valence-corrected chi connectivity index (χ0v) is 14.1. The van der Waals surface area contributed by atoms with Crippen LogP contribution in [0.1, 0.15) is 37.9 Å². The minimum absolute atomic E-state index is 0.0657. The number of benzene rings is 2. The van der Waals surface area contributed by atoms with Crippen LogP contribution in [-0.2, 0) is 10.2 Å². The molecule has 24 heavy (non-hydrogen) atoms. The molecule has 2 N–H and O–H groups in total. The van der Waals surface area contributed by atoms with Gasteiger partial charge in [0.1, 0.15) is 5.82 Å². The van der Waals surface area contributed by atoms with Crippen molar-refractivity contribution in [3.8, 4) is 0 Å². The standard InChI is InChI=1S/C20H21FN2O/c1-13(14-7-5-4-6-8-14)23-19(24)20(2,3)17-12-22-18-11-15(21)9-10-16(17)18/h4-13,22H,1-3H3,(H,23,24). The van der Waals surface area contributed by atoms with E-state index in [9.17, 15) is 9.18 Å². The second kappa shape index (κ2) is 6.11. The normalized spacial score (nSPS) is 13.0. The van der Waals surface area contributed by atoms with Gasteiger partial charge in [0.05, 0.1) is 11.5 Å². The third kappa shape index (κ3) is 2.92. The lowest BCUT2D eigenvalue weighted by atomic mass is 9.83. The topological polar surface area (TPSA) is 44.9 Å². The third-order valence-corrected chi connectivity index (χ3v) is 4.53. The summed E-state index contributed by atoms with van der Waals surface area (Å²) in [5.41, 5.74) is 1.87. The molecule has 0 saturated carbocycles. The highest BCUT2D eigenvalue weighted by atomic mass is 19.1. The molecule has 1 unspecified atom stereocenters. The smallest absolute Gasteiger partial charge is 0.230 e. The van der Waals surface area contributed by atoms with Crippen LogP contribution in [0.2, 0.25) is 0 Å². The summed E-state index contributed by atoms with van der Waals surface area (Å²) in [6.45, 7) is 5.73. The van der Waals surface area contributed by atoms with E-state index in [1.165, 1.54) is 12.1 Å². The molecule has 0 aliphatic heterocycles. The molecule has 4 heteroatoms. The van der Waals surface area contributed by atoms with Crippen molar-refractivity contribution in [3.63, 3.8) is 0 Å². The summed E-state index contributed by atoms with van der Waals surface area (Å²) >= 11 is 0. The molecule has 0 fully saturated rings. The molecule has 124 valence electrons. The molecule has 0 aliphatic rings. The predicted molar refractivity (Wildman–Crippen MR) is 94.3 cm³/mol. The van der Waals surface area contributed by atoms with Crippen LogP contribution in [0.3, 0.4) is 0 Å². The molecule has 0 aliphatic carbocycles. The molecular formula is C20H21FN2O. The van der Waals surface area contributed by atoms with Crippen molar-refractivity contribution in [1.82, 2.24) is 10.3 Å². The minimum atomic E-state index is -0.737. The van der Waals surface area contributed by atoms with Crippen LogP contribution in [-0.4, -0.2) is 10.9 Å². The Bertz CT molecular complexity index is 868. The van der Waals surface area contributed by atoms with Crippen molar-refractivity contribution in [1.29, 1.82) is 0 Å². The Morgan fingerprint density at radius 2 is 1.88 bits per heavy atom. The maximum absolute atomic E-state index is 13.4. The molecule has 2 aromatic carbocycles. The summed E-state index contributed by atoms with van der Waals surface area (Å²) in [6, 6.07) is 14.3. The number of amides is 1. The number of hydrogen-bond acceptors (Lipinski definition) is 1. The lowest BCUT2D eigenvalue weighted by Gasteiger charge is -2.26. The summed E-state index contributed by atoms with van der Waals surface area (Å²) in [4.78, 5) is 15.9. The van der Waals surface area contributed by atoms with Gasteiger partial charge < -0.3 is 10.3 Å². The van der Waals surface area contributed by atoms with Gasteiger partial charge in [-0.15, -0.1) is 0 Å². The molecule has 1 aromatic heterocycles. The van der Waals surface area contributed by atoms with Crippen LogP contribution in [0, 0.1) is 5.82 Å². The molecule has 1 amide bonds. The number of halogens is 1. The number of carbonyl (C=O) groups excluding carboxylic acids is 1. The second-order valence-corrected chi connectivity index (χ2v) is 6.62. The first-order valence-electron chi connectivity index (χ1n) is 8.02. The SMILES string of the molecule is CC(NC(=O)C(C)(C)c1c[nH]c2cc(F)ccc12)c1ccccc1. The molecule has 0 radical (unpaired) electrons. The molecule has 3 rings (SSSR count). The van der Waals surface area contributed by atoms with E-state index in [0.717, 1.165) is 16.5 Å². The Balaban J connectivity index is 1.87. The van der Waals surface area contributed by atoms with Crippen molar-refractivity contribution in [2.75, 3.05) is 0 Å². The fourth-order valence-corrected chi connectivity index (χ4v) is 2.94. The Morgan fingerprint density at radius 3 is 2.58 bits per heavy atom. The fourth-order valence-electron chi connectivity index (χ4n) is 2.94. The first-order chi connectivity index (χ1) is 11.4. The number of H-pyrrole nitrogens is 1. The van der Waals surface area contributed by atoms with E-state index >= 15 is 0 Å². The lowest BCUT2D eigenvalue weighted by Crippen LogP contribution is -2.41. The first kappa shape index (κ1) is 16.2. The van der Waals surface area contributed by atoms with Crippen molar-refractivity contribution in [2.45, 2.75) is 32.2 Å². The Morgan fingerprint density at radius 1 is 1.17 bits per heavy atom. The second-order valence-electron chi connectivity index (χ2n) is 6.62. The lowest BCUT2D eigenvalue weighted by molar-refractivity contribution is -0.126. The zero-order chi connectivity index (χ0) is 17.3.